The highest BCUT2D eigenvalue weighted by atomic mass is 16.3. The minimum atomic E-state index is -1.92. The predicted octanol–water partition coefficient (Wildman–Crippen LogP) is 9.23. The third-order valence-corrected chi connectivity index (χ3v) is 8.36. The lowest BCUT2D eigenvalue weighted by atomic mass is 9.79. The van der Waals surface area contributed by atoms with Crippen molar-refractivity contribution in [2.45, 2.75) is 71.5 Å². The van der Waals surface area contributed by atoms with Gasteiger partial charge in [0.05, 0.1) is 5.56 Å². The van der Waals surface area contributed by atoms with Gasteiger partial charge in [-0.2, -0.15) is 0 Å². The molecule has 0 saturated heterocycles. The summed E-state index contributed by atoms with van der Waals surface area (Å²) in [7, 11) is 2.03. The van der Waals surface area contributed by atoms with Crippen molar-refractivity contribution >= 4 is 21.9 Å². The maximum Gasteiger partial charge on any atom is 0.216 e. The lowest BCUT2D eigenvalue weighted by Crippen LogP contribution is -2.30. The number of hydrogen-bond acceptors (Lipinski definition) is 1. The van der Waals surface area contributed by atoms with Crippen LogP contribution in [0.3, 0.4) is 0 Å². The Bertz CT molecular complexity index is 1930. The smallest absolute Gasteiger partial charge is 0.216 e. The van der Waals surface area contributed by atoms with Crippen LogP contribution < -0.4 is 4.57 Å². The molecule has 0 atom stereocenters. The molecule has 38 heavy (non-hydrogen) atoms. The van der Waals surface area contributed by atoms with Crippen molar-refractivity contribution in [1.82, 2.24) is 0 Å². The number of aryl methyl sites for hydroxylation is 2. The molecule has 192 valence electrons. The minimum Gasteiger partial charge on any atom is -0.454 e. The summed E-state index contributed by atoms with van der Waals surface area (Å²) in [6.07, 6.45) is 2.39. The van der Waals surface area contributed by atoms with Crippen LogP contribution >= 0.6 is 0 Å². The molecule has 0 amide bonds. The molecule has 1 fully saturated rings. The first kappa shape index (κ1) is 18.8. The molecule has 0 spiro atoms. The molecule has 0 unspecified atom stereocenters. The fourth-order valence-corrected chi connectivity index (χ4v) is 6.53. The number of hydrogen-bond donors (Lipinski definition) is 0. The zero-order valence-electron chi connectivity index (χ0n) is 27.7. The second kappa shape index (κ2) is 8.83. The van der Waals surface area contributed by atoms with Crippen LogP contribution in [0.5, 0.6) is 0 Å². The van der Waals surface area contributed by atoms with Crippen molar-refractivity contribution in [2.75, 3.05) is 0 Å². The average Bonchev–Trinajstić information content (AvgIpc) is 3.40. The van der Waals surface area contributed by atoms with E-state index >= 15 is 0 Å². The van der Waals surface area contributed by atoms with Gasteiger partial charge in [-0.05, 0) is 77.7 Å². The number of para-hydroxylation sites is 1. The van der Waals surface area contributed by atoms with Gasteiger partial charge in [-0.25, -0.2) is 4.57 Å². The van der Waals surface area contributed by atoms with Crippen LogP contribution in [0.4, 0.5) is 0 Å². The van der Waals surface area contributed by atoms with Gasteiger partial charge in [0, 0.05) is 35.3 Å². The Labute approximate surface area is 233 Å². The summed E-state index contributed by atoms with van der Waals surface area (Å²) in [5.41, 5.74) is 6.43. The number of pyridine rings is 1. The van der Waals surface area contributed by atoms with Crippen molar-refractivity contribution in [3.05, 3.63) is 89.1 Å². The number of aromatic nitrogens is 1. The van der Waals surface area contributed by atoms with Crippen molar-refractivity contribution < 1.29 is 15.8 Å². The second-order valence-electron chi connectivity index (χ2n) is 11.6. The molecule has 0 N–H and O–H groups in total. The molecule has 2 aromatic heterocycles. The SMILES string of the molecule is [2H]C1(c2cc(-c3cccc4c3oc3c(-c5cccc[n+]5C)c(C)ccc34)cc3c2C([2H])([2H])C(C)(C)C3([2H])[2H])CCCCC1. The number of furan rings is 1. The molecular weight excluding hydrogens is 462 g/mol. The van der Waals surface area contributed by atoms with Gasteiger partial charge in [0.2, 0.25) is 5.69 Å². The summed E-state index contributed by atoms with van der Waals surface area (Å²) in [6.45, 7) is 5.46. The highest BCUT2D eigenvalue weighted by Crippen LogP contribution is 2.47. The van der Waals surface area contributed by atoms with E-state index in [9.17, 15) is 6.85 Å². The van der Waals surface area contributed by atoms with Gasteiger partial charge in [-0.15, -0.1) is 0 Å². The second-order valence-corrected chi connectivity index (χ2v) is 11.6. The Morgan fingerprint density at radius 1 is 0.921 bits per heavy atom. The fourth-order valence-electron chi connectivity index (χ4n) is 6.53. The fraction of sp³-hybridized carbons (Fsp3) is 0.361. The molecular formula is C36H38NO+. The van der Waals surface area contributed by atoms with Crippen LogP contribution in [-0.2, 0) is 19.8 Å². The van der Waals surface area contributed by atoms with Crippen molar-refractivity contribution in [2.24, 2.45) is 12.5 Å². The van der Waals surface area contributed by atoms with Gasteiger partial charge >= 0.3 is 0 Å². The van der Waals surface area contributed by atoms with Gasteiger partial charge in [-0.1, -0.05) is 75.6 Å². The Kier molecular flexibility index (Phi) is 4.37. The normalized spacial score (nSPS) is 22.8. The molecule has 2 nitrogen and oxygen atoms in total. The summed E-state index contributed by atoms with van der Waals surface area (Å²) < 4.78 is 55.4. The van der Waals surface area contributed by atoms with Gasteiger partial charge in [-0.3, -0.25) is 0 Å². The third-order valence-electron chi connectivity index (χ3n) is 8.36. The van der Waals surface area contributed by atoms with Gasteiger partial charge in [0.1, 0.15) is 18.2 Å². The lowest BCUT2D eigenvalue weighted by molar-refractivity contribution is -0.660. The van der Waals surface area contributed by atoms with E-state index in [0.29, 0.717) is 29.5 Å². The van der Waals surface area contributed by atoms with Crippen molar-refractivity contribution in [3.63, 3.8) is 0 Å². The molecule has 0 radical (unpaired) electrons. The molecule has 2 heteroatoms. The molecule has 2 aliphatic carbocycles. The maximum absolute atomic E-state index is 9.63. The molecule has 0 bridgehead atoms. The van der Waals surface area contributed by atoms with E-state index in [2.05, 4.69) is 35.8 Å². The predicted molar refractivity (Wildman–Crippen MR) is 158 cm³/mol. The summed E-state index contributed by atoms with van der Waals surface area (Å²) in [5, 5.41) is 1.99. The minimum absolute atomic E-state index is 0.369. The lowest BCUT2D eigenvalue weighted by Gasteiger charge is -2.25. The van der Waals surface area contributed by atoms with Gasteiger partial charge in [0.15, 0.2) is 6.20 Å². The van der Waals surface area contributed by atoms with Crippen LogP contribution in [0, 0.1) is 12.3 Å². The summed E-state index contributed by atoms with van der Waals surface area (Å²) in [4.78, 5) is 0. The monoisotopic (exact) mass is 505 g/mol. The highest BCUT2D eigenvalue weighted by molar-refractivity contribution is 6.13. The van der Waals surface area contributed by atoms with E-state index in [1.807, 2.05) is 49.6 Å². The molecule has 7 rings (SSSR count). The van der Waals surface area contributed by atoms with Crippen molar-refractivity contribution in [1.29, 1.82) is 0 Å². The first-order chi connectivity index (χ1) is 20.3. The standard InChI is InChI=1S/C36H38NO/c1-23-16-17-29-28-14-10-13-27(34(28)38-35(29)33(23)32-15-8-9-18-37(32)4)25-19-26-21-36(2,3)22-31(26)30(20-25)24-11-6-5-7-12-24/h8-10,13-20,24H,5-7,11-12,21-22H2,1-4H3/q+1/i21D2,22D2,24D. The van der Waals surface area contributed by atoms with Gasteiger partial charge < -0.3 is 4.42 Å². The Morgan fingerprint density at radius 2 is 1.74 bits per heavy atom. The largest absolute Gasteiger partial charge is 0.454 e. The van der Waals surface area contributed by atoms with Crippen LogP contribution in [0.25, 0.3) is 44.3 Å². The highest BCUT2D eigenvalue weighted by Gasteiger charge is 2.33. The van der Waals surface area contributed by atoms with E-state index in [0.717, 1.165) is 69.1 Å². The zero-order valence-corrected chi connectivity index (χ0v) is 22.7. The zero-order chi connectivity index (χ0) is 30.5. The van der Waals surface area contributed by atoms with E-state index in [4.69, 9.17) is 4.42 Å². The van der Waals surface area contributed by atoms with Crippen LogP contribution in [0.15, 0.2) is 71.3 Å². The molecule has 0 aliphatic heterocycles. The topological polar surface area (TPSA) is 17.0 Å². The summed E-state index contributed by atoms with van der Waals surface area (Å²) >= 11 is 0. The number of benzene rings is 3. The Morgan fingerprint density at radius 3 is 2.55 bits per heavy atom. The number of rotatable bonds is 3. The Hall–Kier alpha value is -3.39. The van der Waals surface area contributed by atoms with Crippen LogP contribution in [0.1, 0.15) is 81.0 Å². The maximum atomic E-state index is 9.63. The molecule has 2 heterocycles. The van der Waals surface area contributed by atoms with Crippen LogP contribution in [0.2, 0.25) is 0 Å². The average molecular weight is 506 g/mol. The van der Waals surface area contributed by atoms with E-state index < -0.39 is 24.1 Å². The third kappa shape index (κ3) is 3.80. The van der Waals surface area contributed by atoms with Gasteiger partial charge in [0.25, 0.3) is 0 Å². The first-order valence-corrected chi connectivity index (χ1v) is 13.9. The van der Waals surface area contributed by atoms with Crippen molar-refractivity contribution in [3.8, 4) is 22.4 Å². The number of fused-ring (bicyclic) bond motifs is 4. The molecule has 5 aromatic rings. The first-order valence-electron chi connectivity index (χ1n) is 16.4. The van der Waals surface area contributed by atoms with E-state index in [1.54, 1.807) is 13.8 Å². The molecule has 1 saturated carbocycles. The summed E-state index contributed by atoms with van der Waals surface area (Å²) in [6, 6.07) is 20.3. The Balaban J connectivity index is 1.54. The van der Waals surface area contributed by atoms with E-state index in [-0.39, 0.29) is 0 Å². The summed E-state index contributed by atoms with van der Waals surface area (Å²) in [5.74, 6) is -0.962. The molecule has 2 aliphatic rings. The van der Waals surface area contributed by atoms with E-state index in [1.165, 1.54) is 0 Å². The quantitative estimate of drug-likeness (QED) is 0.223. The van der Waals surface area contributed by atoms with Crippen LogP contribution in [-0.4, -0.2) is 0 Å². The number of nitrogens with zero attached hydrogens (tertiary/aromatic N) is 1. The molecule has 3 aromatic carbocycles.